The van der Waals surface area contributed by atoms with Crippen LogP contribution < -0.4 is 14.2 Å². The van der Waals surface area contributed by atoms with E-state index in [9.17, 15) is 0 Å². The van der Waals surface area contributed by atoms with Crippen LogP contribution in [0, 0.1) is 0 Å². The van der Waals surface area contributed by atoms with E-state index in [2.05, 4.69) is 18.2 Å². The summed E-state index contributed by atoms with van der Waals surface area (Å²) in [5, 5.41) is 1.02. The summed E-state index contributed by atoms with van der Waals surface area (Å²) in [7, 11) is 4.93. The van der Waals surface area contributed by atoms with Crippen LogP contribution in [0.15, 0.2) is 71.1 Å². The van der Waals surface area contributed by atoms with Crippen molar-refractivity contribution in [2.45, 2.75) is 6.42 Å². The van der Waals surface area contributed by atoms with Crippen molar-refractivity contribution >= 4 is 11.0 Å². The quantitative estimate of drug-likeness (QED) is 0.433. The SMILES string of the molecule is COc1cc(OC)c(-c2c(Cc3ccccc3)oc3ccccc23)c(OC)c1. The molecule has 0 saturated heterocycles. The zero-order valence-corrected chi connectivity index (χ0v) is 16.2. The molecule has 142 valence electrons. The van der Waals surface area contributed by atoms with Gasteiger partial charge in [-0.15, -0.1) is 0 Å². The predicted molar refractivity (Wildman–Crippen MR) is 111 cm³/mol. The third-order valence-electron chi connectivity index (χ3n) is 4.84. The fraction of sp³-hybridized carbons (Fsp3) is 0.167. The van der Waals surface area contributed by atoms with E-state index < -0.39 is 0 Å². The second kappa shape index (κ2) is 7.69. The van der Waals surface area contributed by atoms with Gasteiger partial charge in [0.2, 0.25) is 0 Å². The molecule has 0 N–H and O–H groups in total. The average Bonchev–Trinajstić information content (AvgIpc) is 3.10. The molecule has 4 rings (SSSR count). The summed E-state index contributed by atoms with van der Waals surface area (Å²) in [4.78, 5) is 0. The lowest BCUT2D eigenvalue weighted by atomic mass is 9.96. The third-order valence-corrected chi connectivity index (χ3v) is 4.84. The monoisotopic (exact) mass is 374 g/mol. The second-order valence-electron chi connectivity index (χ2n) is 6.47. The van der Waals surface area contributed by atoms with Crippen molar-refractivity contribution in [1.82, 2.24) is 0 Å². The third kappa shape index (κ3) is 3.18. The molecule has 0 amide bonds. The maximum absolute atomic E-state index is 6.27. The van der Waals surface area contributed by atoms with Crippen molar-refractivity contribution < 1.29 is 18.6 Å². The van der Waals surface area contributed by atoms with Gasteiger partial charge < -0.3 is 18.6 Å². The first kappa shape index (κ1) is 18.0. The highest BCUT2D eigenvalue weighted by Crippen LogP contribution is 2.47. The van der Waals surface area contributed by atoms with E-state index in [-0.39, 0.29) is 0 Å². The Hall–Kier alpha value is -3.40. The Morgan fingerprint density at radius 1 is 0.714 bits per heavy atom. The first-order valence-electron chi connectivity index (χ1n) is 9.10. The zero-order valence-electron chi connectivity index (χ0n) is 16.2. The second-order valence-corrected chi connectivity index (χ2v) is 6.47. The summed E-state index contributed by atoms with van der Waals surface area (Å²) in [6.45, 7) is 0. The zero-order chi connectivity index (χ0) is 19.5. The summed E-state index contributed by atoms with van der Waals surface area (Å²) in [6, 6.07) is 22.0. The number of ether oxygens (including phenoxy) is 3. The molecule has 28 heavy (non-hydrogen) atoms. The minimum absolute atomic E-state index is 0.670. The van der Waals surface area contributed by atoms with Crippen LogP contribution in [0.25, 0.3) is 22.1 Å². The van der Waals surface area contributed by atoms with Crippen LogP contribution in [0.5, 0.6) is 17.2 Å². The molecular weight excluding hydrogens is 352 g/mol. The lowest BCUT2D eigenvalue weighted by molar-refractivity contribution is 0.377. The summed E-state index contributed by atoms with van der Waals surface area (Å²) >= 11 is 0. The van der Waals surface area contributed by atoms with E-state index in [0.29, 0.717) is 23.7 Å². The van der Waals surface area contributed by atoms with Gasteiger partial charge in [0, 0.05) is 29.5 Å². The smallest absolute Gasteiger partial charge is 0.134 e. The van der Waals surface area contributed by atoms with Gasteiger partial charge in [-0.2, -0.15) is 0 Å². The molecule has 0 radical (unpaired) electrons. The molecule has 1 heterocycles. The number of benzene rings is 3. The molecule has 4 aromatic rings. The minimum atomic E-state index is 0.670. The maximum Gasteiger partial charge on any atom is 0.134 e. The Labute approximate surface area is 164 Å². The Morgan fingerprint density at radius 2 is 1.36 bits per heavy atom. The number of fused-ring (bicyclic) bond motifs is 1. The molecule has 0 spiro atoms. The van der Waals surface area contributed by atoms with Gasteiger partial charge in [-0.3, -0.25) is 0 Å². The van der Waals surface area contributed by atoms with Crippen molar-refractivity contribution in [3.63, 3.8) is 0 Å². The fourth-order valence-corrected chi connectivity index (χ4v) is 3.53. The van der Waals surface area contributed by atoms with Crippen LogP contribution in [0.3, 0.4) is 0 Å². The van der Waals surface area contributed by atoms with E-state index in [0.717, 1.165) is 27.9 Å². The van der Waals surface area contributed by atoms with Gasteiger partial charge in [-0.05, 0) is 11.6 Å². The van der Waals surface area contributed by atoms with Crippen LogP contribution >= 0.6 is 0 Å². The summed E-state index contributed by atoms with van der Waals surface area (Å²) < 4.78 is 23.1. The molecule has 0 aliphatic carbocycles. The highest BCUT2D eigenvalue weighted by Gasteiger charge is 2.24. The van der Waals surface area contributed by atoms with E-state index in [1.807, 2.05) is 48.5 Å². The highest BCUT2D eigenvalue weighted by atomic mass is 16.5. The Bertz CT molecular complexity index is 1070. The number of furan rings is 1. The topological polar surface area (TPSA) is 40.8 Å². The van der Waals surface area contributed by atoms with Crippen LogP contribution in [0.4, 0.5) is 0 Å². The Morgan fingerprint density at radius 3 is 2.00 bits per heavy atom. The number of hydrogen-bond donors (Lipinski definition) is 0. The highest BCUT2D eigenvalue weighted by molar-refractivity contribution is 5.99. The van der Waals surface area contributed by atoms with E-state index >= 15 is 0 Å². The van der Waals surface area contributed by atoms with Gasteiger partial charge in [0.15, 0.2) is 0 Å². The summed E-state index contributed by atoms with van der Waals surface area (Å²) in [5.74, 6) is 2.90. The molecule has 0 saturated carbocycles. The number of methoxy groups -OCH3 is 3. The average molecular weight is 374 g/mol. The molecule has 3 aromatic carbocycles. The lowest BCUT2D eigenvalue weighted by Gasteiger charge is -2.15. The van der Waals surface area contributed by atoms with E-state index in [1.165, 1.54) is 5.56 Å². The van der Waals surface area contributed by atoms with Crippen LogP contribution in [-0.2, 0) is 6.42 Å². The standard InChI is InChI=1S/C24H22O4/c1-25-17-14-20(26-2)24(21(15-17)27-3)23-18-11-7-8-12-19(18)28-22(23)13-16-9-5-4-6-10-16/h4-12,14-15H,13H2,1-3H3. The molecule has 4 nitrogen and oxygen atoms in total. The fourth-order valence-electron chi connectivity index (χ4n) is 3.53. The normalized spacial score (nSPS) is 10.8. The van der Waals surface area contributed by atoms with Crippen molar-refractivity contribution in [2.24, 2.45) is 0 Å². The largest absolute Gasteiger partial charge is 0.496 e. The lowest BCUT2D eigenvalue weighted by Crippen LogP contribution is -1.97. The van der Waals surface area contributed by atoms with Crippen LogP contribution in [0.1, 0.15) is 11.3 Å². The van der Waals surface area contributed by atoms with Gasteiger partial charge in [-0.25, -0.2) is 0 Å². The molecule has 0 aliphatic heterocycles. The minimum Gasteiger partial charge on any atom is -0.496 e. The van der Waals surface area contributed by atoms with Crippen molar-refractivity contribution in [1.29, 1.82) is 0 Å². The Kier molecular flexibility index (Phi) is 4.94. The number of hydrogen-bond acceptors (Lipinski definition) is 4. The molecule has 0 fully saturated rings. The number of para-hydroxylation sites is 1. The first-order valence-corrected chi connectivity index (χ1v) is 9.10. The van der Waals surface area contributed by atoms with Gasteiger partial charge >= 0.3 is 0 Å². The summed E-state index contributed by atoms with van der Waals surface area (Å²) in [6.07, 6.45) is 0.670. The summed E-state index contributed by atoms with van der Waals surface area (Å²) in [5.41, 5.74) is 3.86. The molecule has 0 unspecified atom stereocenters. The van der Waals surface area contributed by atoms with E-state index in [4.69, 9.17) is 18.6 Å². The van der Waals surface area contributed by atoms with Crippen LogP contribution in [-0.4, -0.2) is 21.3 Å². The predicted octanol–water partition coefficient (Wildman–Crippen LogP) is 5.72. The van der Waals surface area contributed by atoms with E-state index in [1.54, 1.807) is 21.3 Å². The van der Waals surface area contributed by atoms with Gasteiger partial charge in [0.25, 0.3) is 0 Å². The first-order chi connectivity index (χ1) is 13.7. The van der Waals surface area contributed by atoms with Gasteiger partial charge in [-0.1, -0.05) is 48.5 Å². The molecule has 1 aromatic heterocycles. The molecular formula is C24H22O4. The van der Waals surface area contributed by atoms with Crippen molar-refractivity contribution in [3.8, 4) is 28.4 Å². The molecule has 0 bridgehead atoms. The molecule has 0 aliphatic rings. The van der Waals surface area contributed by atoms with Gasteiger partial charge in [0.1, 0.15) is 28.6 Å². The molecule has 0 atom stereocenters. The van der Waals surface area contributed by atoms with Crippen LogP contribution in [0.2, 0.25) is 0 Å². The van der Waals surface area contributed by atoms with Crippen molar-refractivity contribution in [3.05, 3.63) is 78.1 Å². The number of rotatable bonds is 6. The van der Waals surface area contributed by atoms with Crippen molar-refractivity contribution in [2.75, 3.05) is 21.3 Å². The maximum atomic E-state index is 6.27. The van der Waals surface area contributed by atoms with Gasteiger partial charge in [0.05, 0.1) is 26.9 Å². The Balaban J connectivity index is 1.99. The molecule has 4 heteroatoms.